The molecule has 0 rings (SSSR count). The predicted molar refractivity (Wildman–Crippen MR) is 36.7 cm³/mol. The molecule has 8 heavy (non-hydrogen) atoms. The number of rotatable bonds is 1. The molecule has 0 spiro atoms. The first-order valence-corrected chi connectivity index (χ1v) is 2.93. The number of carboxylic acid groups (broad SMARTS) is 1. The summed E-state index contributed by atoms with van der Waals surface area (Å²) in [6.07, 6.45) is 0.833. The molecule has 0 radical (unpaired) electrons. The Morgan fingerprint density at radius 3 is 2.00 bits per heavy atom. The fraction of sp³-hybridized carbons (Fsp3) is 0.200. The first-order valence-electron chi connectivity index (χ1n) is 2.11. The first-order chi connectivity index (χ1) is 3.68. The van der Waals surface area contributed by atoms with Gasteiger partial charge < -0.3 is 5.11 Å². The Morgan fingerprint density at radius 2 is 2.00 bits per heavy atom. The molecular formula is C5H9AlO2. The molecule has 44 valence electrons. The van der Waals surface area contributed by atoms with Crippen LogP contribution in [0.4, 0.5) is 0 Å². The minimum absolute atomic E-state index is 0.833. The van der Waals surface area contributed by atoms with E-state index in [-0.39, 0.29) is 0 Å². The molecular weight excluding hydrogens is 119 g/mol. The van der Waals surface area contributed by atoms with E-state index >= 15 is 0 Å². The second kappa shape index (κ2) is 9.79. The van der Waals surface area contributed by atoms with Crippen molar-refractivity contribution in [1.29, 1.82) is 0 Å². The molecule has 0 saturated carbocycles. The van der Waals surface area contributed by atoms with Crippen molar-refractivity contribution in [3.05, 3.63) is 12.7 Å². The van der Waals surface area contributed by atoms with Crippen LogP contribution in [0.2, 0.25) is 0 Å². The molecule has 2 nitrogen and oxygen atoms in total. The number of hydrogen-bond acceptors (Lipinski definition) is 1. The number of carboxylic acids is 1. The van der Waals surface area contributed by atoms with Crippen molar-refractivity contribution >= 4 is 26.7 Å². The zero-order valence-corrected chi connectivity index (χ0v) is 6.34. The summed E-state index contributed by atoms with van der Waals surface area (Å²) in [5, 5.41) is 7.60. The normalized spacial score (nSPS) is 5.50. The summed E-state index contributed by atoms with van der Waals surface area (Å²) < 4.78 is 0. The van der Waals surface area contributed by atoms with E-state index in [2.05, 4.69) is 6.58 Å². The van der Waals surface area contributed by atoms with E-state index in [1.807, 2.05) is 27.7 Å². The number of aliphatic carboxylic acids is 1. The summed E-state index contributed by atoms with van der Waals surface area (Å²) >= 11 is 1.85. The Hall–Kier alpha value is -0.388. The Bertz CT molecular complexity index is 88.4. The average molecular weight is 128 g/mol. The maximum absolute atomic E-state index is 9.25. The van der Waals surface area contributed by atoms with Gasteiger partial charge in [-0.2, -0.15) is 0 Å². The van der Waals surface area contributed by atoms with Crippen LogP contribution < -0.4 is 0 Å². The van der Waals surface area contributed by atoms with E-state index in [0.29, 0.717) is 0 Å². The standard InChI is InChI=1S/C3H4O2.C2H4.Al.H/c1-2-3(4)5;1-2;;/h2H,1H2,(H,4,5);1H,2H3;;. The van der Waals surface area contributed by atoms with Crippen molar-refractivity contribution in [3.8, 4) is 0 Å². The van der Waals surface area contributed by atoms with Crippen molar-refractivity contribution in [2.24, 2.45) is 0 Å². The third-order valence-electron chi connectivity index (χ3n) is 0.175. The first kappa shape index (κ1) is 10.6. The van der Waals surface area contributed by atoms with Crippen LogP contribution in [-0.2, 0) is 4.79 Å². The van der Waals surface area contributed by atoms with Crippen LogP contribution in [0.25, 0.3) is 0 Å². The van der Waals surface area contributed by atoms with Gasteiger partial charge in [0.05, 0.1) is 0 Å². The second-order valence-corrected chi connectivity index (χ2v) is 1.77. The van der Waals surface area contributed by atoms with Gasteiger partial charge in [-0.05, 0) is 0 Å². The third-order valence-corrected chi connectivity index (χ3v) is 0.175. The van der Waals surface area contributed by atoms with Gasteiger partial charge in [0, 0.05) is 6.08 Å². The molecule has 0 saturated heterocycles. The minimum atomic E-state index is -0.981. The fourth-order valence-corrected chi connectivity index (χ4v) is 0. The van der Waals surface area contributed by atoms with E-state index in [1.165, 1.54) is 0 Å². The molecule has 0 heterocycles. The molecule has 1 N–H and O–H groups in total. The van der Waals surface area contributed by atoms with Crippen LogP contribution in [0, 0.1) is 0 Å². The molecule has 0 fully saturated rings. The van der Waals surface area contributed by atoms with Crippen molar-refractivity contribution in [2.75, 3.05) is 0 Å². The molecule has 0 aliphatic carbocycles. The number of hydrogen-bond donors (Lipinski definition) is 1. The van der Waals surface area contributed by atoms with Gasteiger partial charge in [0.1, 0.15) is 0 Å². The molecule has 0 amide bonds. The Balaban J connectivity index is 0. The van der Waals surface area contributed by atoms with Gasteiger partial charge in [-0.3, -0.25) is 0 Å². The van der Waals surface area contributed by atoms with E-state index in [1.54, 1.807) is 0 Å². The topological polar surface area (TPSA) is 37.3 Å². The second-order valence-electron chi connectivity index (χ2n) is 0.951. The SMILES string of the molecule is C=CC(=O)O.C[CH]=[AlH]. The molecule has 0 aromatic heterocycles. The molecule has 3 heteroatoms. The van der Waals surface area contributed by atoms with Gasteiger partial charge in [0.15, 0.2) is 0 Å². The van der Waals surface area contributed by atoms with E-state index < -0.39 is 5.97 Å². The van der Waals surface area contributed by atoms with E-state index in [4.69, 9.17) is 5.11 Å². The van der Waals surface area contributed by atoms with Gasteiger partial charge in [0.2, 0.25) is 0 Å². The van der Waals surface area contributed by atoms with Gasteiger partial charge in [-0.15, -0.1) is 0 Å². The summed E-state index contributed by atoms with van der Waals surface area (Å²) in [6, 6.07) is 0. The third kappa shape index (κ3) is 45.9. The zero-order valence-electron chi connectivity index (χ0n) is 4.92. The van der Waals surface area contributed by atoms with Crippen LogP contribution >= 0.6 is 0 Å². The fourth-order valence-electron chi connectivity index (χ4n) is 0. The molecule has 0 aromatic carbocycles. The maximum atomic E-state index is 9.25. The molecule has 0 aliphatic heterocycles. The van der Waals surface area contributed by atoms with Gasteiger partial charge >= 0.3 is 33.6 Å². The molecule has 0 unspecified atom stereocenters. The summed E-state index contributed by atoms with van der Waals surface area (Å²) in [6.45, 7) is 4.97. The van der Waals surface area contributed by atoms with Gasteiger partial charge in [-0.25, -0.2) is 4.79 Å². The van der Waals surface area contributed by atoms with Gasteiger partial charge in [0.25, 0.3) is 0 Å². The zero-order chi connectivity index (χ0) is 6.99. The molecule has 0 aromatic rings. The van der Waals surface area contributed by atoms with Crippen molar-refractivity contribution < 1.29 is 9.90 Å². The summed E-state index contributed by atoms with van der Waals surface area (Å²) in [7, 11) is 0. The summed E-state index contributed by atoms with van der Waals surface area (Å²) in [5.41, 5.74) is 0. The Morgan fingerprint density at radius 1 is 1.88 bits per heavy atom. The van der Waals surface area contributed by atoms with Crippen molar-refractivity contribution in [2.45, 2.75) is 6.92 Å². The van der Waals surface area contributed by atoms with Gasteiger partial charge in [-0.1, -0.05) is 6.58 Å². The van der Waals surface area contributed by atoms with Crippen LogP contribution in [-0.4, -0.2) is 31.8 Å². The Labute approximate surface area is 56.8 Å². The summed E-state index contributed by atoms with van der Waals surface area (Å²) in [4.78, 5) is 11.3. The predicted octanol–water partition coefficient (Wildman–Crippen LogP) is -0.0337. The summed E-state index contributed by atoms with van der Waals surface area (Å²) in [5.74, 6) is -0.981. The van der Waals surface area contributed by atoms with Crippen molar-refractivity contribution in [3.63, 3.8) is 0 Å². The molecule has 0 atom stereocenters. The number of carbonyl (C=O) groups is 1. The van der Waals surface area contributed by atoms with Crippen LogP contribution in [0.3, 0.4) is 0 Å². The van der Waals surface area contributed by atoms with E-state index in [9.17, 15) is 4.79 Å². The van der Waals surface area contributed by atoms with Crippen LogP contribution in [0.5, 0.6) is 0 Å². The molecule has 0 aliphatic rings. The monoisotopic (exact) mass is 128 g/mol. The van der Waals surface area contributed by atoms with E-state index in [0.717, 1.165) is 6.08 Å². The average Bonchev–Trinajstić information content (AvgIpc) is 1.69. The quantitative estimate of drug-likeness (QED) is 0.397. The Kier molecular flexibility index (Phi) is 12.9. The van der Waals surface area contributed by atoms with Crippen molar-refractivity contribution in [1.82, 2.24) is 0 Å². The van der Waals surface area contributed by atoms with Crippen LogP contribution in [0.15, 0.2) is 12.7 Å². The molecule has 0 bridgehead atoms. The van der Waals surface area contributed by atoms with Crippen LogP contribution in [0.1, 0.15) is 6.92 Å².